The molecule has 0 spiro atoms. The van der Waals surface area contributed by atoms with Crippen LogP contribution in [0.2, 0.25) is 0 Å². The molecule has 1 heterocycles. The molecule has 2 aliphatic rings. The lowest BCUT2D eigenvalue weighted by Crippen LogP contribution is -2.49. The third kappa shape index (κ3) is 7.49. The highest BCUT2D eigenvalue weighted by Crippen LogP contribution is 2.43. The van der Waals surface area contributed by atoms with Crippen LogP contribution in [0.5, 0.6) is 5.75 Å². The van der Waals surface area contributed by atoms with Crippen molar-refractivity contribution >= 4 is 29.9 Å². The molecule has 6 nitrogen and oxygen atoms in total. The number of methoxy groups -OCH3 is 2. The number of benzene rings is 1. The summed E-state index contributed by atoms with van der Waals surface area (Å²) in [6.07, 6.45) is 8.90. The molecule has 0 bridgehead atoms. The van der Waals surface area contributed by atoms with Crippen LogP contribution in [0.15, 0.2) is 29.3 Å². The van der Waals surface area contributed by atoms with Crippen molar-refractivity contribution in [1.29, 1.82) is 0 Å². The molecule has 3 rings (SSSR count). The third-order valence-corrected chi connectivity index (χ3v) is 6.90. The first-order chi connectivity index (χ1) is 14.7. The molecule has 1 saturated carbocycles. The summed E-state index contributed by atoms with van der Waals surface area (Å²) in [7, 11) is 5.37. The fourth-order valence-corrected chi connectivity index (χ4v) is 4.71. The predicted octanol–water partition coefficient (Wildman–Crippen LogP) is 4.21. The van der Waals surface area contributed by atoms with E-state index in [2.05, 4.69) is 44.8 Å². The number of piperidine rings is 1. The molecule has 1 aliphatic carbocycles. The van der Waals surface area contributed by atoms with Gasteiger partial charge >= 0.3 is 0 Å². The highest BCUT2D eigenvalue weighted by atomic mass is 127. The Morgan fingerprint density at radius 2 is 1.77 bits per heavy atom. The van der Waals surface area contributed by atoms with E-state index < -0.39 is 0 Å². The quantitative estimate of drug-likeness (QED) is 0.263. The van der Waals surface area contributed by atoms with Gasteiger partial charge in [-0.1, -0.05) is 25.0 Å². The fraction of sp³-hybridized carbons (Fsp3) is 0.708. The van der Waals surface area contributed by atoms with Gasteiger partial charge in [-0.2, -0.15) is 0 Å². The van der Waals surface area contributed by atoms with Crippen LogP contribution in [0.25, 0.3) is 0 Å². The van der Waals surface area contributed by atoms with Crippen molar-refractivity contribution in [3.63, 3.8) is 0 Å². The molecule has 1 aromatic rings. The van der Waals surface area contributed by atoms with Gasteiger partial charge in [0.2, 0.25) is 0 Å². The molecular formula is C24H41IN4O2. The van der Waals surface area contributed by atoms with Crippen LogP contribution in [0.3, 0.4) is 0 Å². The number of hydrogen-bond acceptors (Lipinski definition) is 4. The van der Waals surface area contributed by atoms with Gasteiger partial charge in [0.1, 0.15) is 5.75 Å². The second-order valence-electron chi connectivity index (χ2n) is 8.79. The summed E-state index contributed by atoms with van der Waals surface area (Å²) in [5.41, 5.74) is 1.70. The van der Waals surface area contributed by atoms with E-state index >= 15 is 0 Å². The van der Waals surface area contributed by atoms with Gasteiger partial charge in [0.15, 0.2) is 5.96 Å². The summed E-state index contributed by atoms with van der Waals surface area (Å²) in [5, 5.41) is 7.20. The molecule has 1 aromatic carbocycles. The second kappa shape index (κ2) is 13.5. The second-order valence-corrected chi connectivity index (χ2v) is 8.79. The number of aliphatic imine (C=N–C) groups is 1. The minimum absolute atomic E-state index is 0. The zero-order valence-corrected chi connectivity index (χ0v) is 21.8. The smallest absolute Gasteiger partial charge is 0.191 e. The SMILES string of the molecule is CN=C(NCC(c1ccc(OC)cc1)N1CCCCC1)NCC1(CCOC)CCC1.I. The maximum Gasteiger partial charge on any atom is 0.191 e. The molecule has 1 atom stereocenters. The lowest BCUT2D eigenvalue weighted by Gasteiger charge is -2.42. The van der Waals surface area contributed by atoms with Gasteiger partial charge in [-0.05, 0) is 68.3 Å². The Morgan fingerprint density at radius 1 is 1.06 bits per heavy atom. The Morgan fingerprint density at radius 3 is 2.32 bits per heavy atom. The van der Waals surface area contributed by atoms with Crippen molar-refractivity contribution in [3.8, 4) is 5.75 Å². The van der Waals surface area contributed by atoms with Crippen molar-refractivity contribution in [2.24, 2.45) is 10.4 Å². The summed E-state index contributed by atoms with van der Waals surface area (Å²) in [6, 6.07) is 8.86. The van der Waals surface area contributed by atoms with Crippen LogP contribution < -0.4 is 15.4 Å². The Bertz CT molecular complexity index is 658. The predicted molar refractivity (Wildman–Crippen MR) is 139 cm³/mol. The number of guanidine groups is 1. The van der Waals surface area contributed by atoms with Gasteiger partial charge in [-0.15, -0.1) is 24.0 Å². The first-order valence-corrected chi connectivity index (χ1v) is 11.5. The van der Waals surface area contributed by atoms with Crippen molar-refractivity contribution < 1.29 is 9.47 Å². The maximum absolute atomic E-state index is 5.35. The molecule has 0 radical (unpaired) electrons. The van der Waals surface area contributed by atoms with E-state index in [1.807, 2.05) is 7.05 Å². The lowest BCUT2D eigenvalue weighted by molar-refractivity contribution is 0.0732. The molecule has 7 heteroatoms. The van der Waals surface area contributed by atoms with E-state index in [4.69, 9.17) is 9.47 Å². The van der Waals surface area contributed by atoms with E-state index in [9.17, 15) is 0 Å². The number of halogens is 1. The standard InChI is InChI=1S/C24H40N4O2.HI/c1-25-23(27-19-24(12-7-13-24)14-17-29-2)26-18-22(28-15-5-4-6-16-28)20-8-10-21(30-3)11-9-20;/h8-11,22H,4-7,12-19H2,1-3H3,(H2,25,26,27);1H. The van der Waals surface area contributed by atoms with Gasteiger partial charge in [0.05, 0.1) is 13.2 Å². The Hall–Kier alpha value is -1.06. The van der Waals surface area contributed by atoms with Gasteiger partial charge in [0, 0.05) is 33.9 Å². The highest BCUT2D eigenvalue weighted by molar-refractivity contribution is 14.0. The van der Waals surface area contributed by atoms with Crippen molar-refractivity contribution in [2.75, 3.05) is 54.1 Å². The number of rotatable bonds is 10. The van der Waals surface area contributed by atoms with Crippen LogP contribution >= 0.6 is 24.0 Å². The van der Waals surface area contributed by atoms with E-state index in [0.29, 0.717) is 11.5 Å². The van der Waals surface area contributed by atoms with E-state index in [1.165, 1.54) is 44.1 Å². The van der Waals surface area contributed by atoms with Crippen LogP contribution in [0, 0.1) is 5.41 Å². The largest absolute Gasteiger partial charge is 0.497 e. The zero-order chi connectivity index (χ0) is 21.2. The molecule has 1 unspecified atom stereocenters. The number of nitrogens with one attached hydrogen (secondary N) is 2. The minimum atomic E-state index is 0. The van der Waals surface area contributed by atoms with Crippen LogP contribution in [-0.4, -0.2) is 64.9 Å². The first kappa shape index (κ1) is 26.2. The van der Waals surface area contributed by atoms with E-state index in [-0.39, 0.29) is 24.0 Å². The number of likely N-dealkylation sites (tertiary alicyclic amines) is 1. The summed E-state index contributed by atoms with van der Waals surface area (Å²) in [4.78, 5) is 7.10. The lowest BCUT2D eigenvalue weighted by atomic mass is 9.67. The monoisotopic (exact) mass is 544 g/mol. The molecule has 1 aliphatic heterocycles. The maximum atomic E-state index is 5.35. The van der Waals surface area contributed by atoms with Gasteiger partial charge in [-0.3, -0.25) is 9.89 Å². The van der Waals surface area contributed by atoms with Gasteiger partial charge < -0.3 is 20.1 Å². The Balaban J connectivity index is 0.00000341. The van der Waals surface area contributed by atoms with Crippen molar-refractivity contribution in [3.05, 3.63) is 29.8 Å². The average Bonchev–Trinajstić information content (AvgIpc) is 2.78. The van der Waals surface area contributed by atoms with E-state index in [1.54, 1.807) is 14.2 Å². The molecular weight excluding hydrogens is 503 g/mol. The molecule has 0 amide bonds. The van der Waals surface area contributed by atoms with Gasteiger partial charge in [-0.25, -0.2) is 0 Å². The third-order valence-electron chi connectivity index (χ3n) is 6.90. The number of nitrogens with zero attached hydrogens (tertiary/aromatic N) is 2. The molecule has 2 N–H and O–H groups in total. The van der Waals surface area contributed by atoms with Crippen LogP contribution in [0.4, 0.5) is 0 Å². The summed E-state index contributed by atoms with van der Waals surface area (Å²) in [5.74, 6) is 1.80. The Labute approximate surface area is 205 Å². The normalized spacial score (nSPS) is 19.6. The van der Waals surface area contributed by atoms with Crippen molar-refractivity contribution in [1.82, 2.24) is 15.5 Å². The fourth-order valence-electron chi connectivity index (χ4n) is 4.71. The Kier molecular flexibility index (Phi) is 11.4. The molecule has 0 aromatic heterocycles. The van der Waals surface area contributed by atoms with Crippen LogP contribution in [0.1, 0.15) is 56.6 Å². The van der Waals surface area contributed by atoms with E-state index in [0.717, 1.165) is 50.9 Å². The zero-order valence-electron chi connectivity index (χ0n) is 19.5. The molecule has 1 saturated heterocycles. The summed E-state index contributed by atoms with van der Waals surface area (Å²) >= 11 is 0. The first-order valence-electron chi connectivity index (χ1n) is 11.5. The number of ether oxygens (including phenoxy) is 2. The summed E-state index contributed by atoms with van der Waals surface area (Å²) in [6.45, 7) is 4.96. The van der Waals surface area contributed by atoms with Crippen molar-refractivity contribution in [2.45, 2.75) is 51.0 Å². The topological polar surface area (TPSA) is 58.1 Å². The van der Waals surface area contributed by atoms with Crippen LogP contribution in [-0.2, 0) is 4.74 Å². The molecule has 2 fully saturated rings. The minimum Gasteiger partial charge on any atom is -0.497 e. The molecule has 176 valence electrons. The molecule has 31 heavy (non-hydrogen) atoms. The average molecular weight is 545 g/mol. The number of hydrogen-bond donors (Lipinski definition) is 2. The highest BCUT2D eigenvalue weighted by Gasteiger charge is 2.36. The van der Waals surface area contributed by atoms with Gasteiger partial charge in [0.25, 0.3) is 0 Å². The summed E-state index contributed by atoms with van der Waals surface area (Å²) < 4.78 is 10.7.